The first-order valence-electron chi connectivity index (χ1n) is 10.7. The van der Waals surface area contributed by atoms with Crippen LogP contribution >= 0.6 is 0 Å². The molecule has 8 saturated carbocycles. The van der Waals surface area contributed by atoms with Gasteiger partial charge < -0.3 is 5.11 Å². The third-order valence-corrected chi connectivity index (χ3v) is 12.4. The molecule has 1 heteroatoms. The summed E-state index contributed by atoms with van der Waals surface area (Å²) < 4.78 is 0. The molecule has 0 spiro atoms. The predicted octanol–water partition coefficient (Wildman–Crippen LogP) is 3.67. The second-order valence-electron chi connectivity index (χ2n) is 11.8. The van der Waals surface area contributed by atoms with Crippen LogP contribution in [0.4, 0.5) is 0 Å². The second-order valence-corrected chi connectivity index (χ2v) is 11.8. The maximum absolute atomic E-state index is 10.6. The Morgan fingerprint density at radius 3 is 1.52 bits per heavy atom. The summed E-state index contributed by atoms with van der Waals surface area (Å²) in [6, 6.07) is 0. The van der Waals surface area contributed by atoms with Gasteiger partial charge in [0, 0.05) is 6.61 Å². The molecule has 124 valence electrons. The number of aliphatic hydroxyl groups is 1. The number of hydrogen-bond acceptors (Lipinski definition) is 1. The van der Waals surface area contributed by atoms with Crippen molar-refractivity contribution in [1.29, 1.82) is 0 Å². The first-order valence-corrected chi connectivity index (χ1v) is 10.7. The number of aliphatic hydroxyl groups excluding tert-OH is 1. The monoisotopic (exact) mass is 310 g/mol. The van der Waals surface area contributed by atoms with Gasteiger partial charge in [0.2, 0.25) is 0 Å². The van der Waals surface area contributed by atoms with Crippen molar-refractivity contribution in [3.8, 4) is 0 Å². The van der Waals surface area contributed by atoms with E-state index in [1.54, 1.807) is 12.8 Å². The Morgan fingerprint density at radius 1 is 0.652 bits per heavy atom. The van der Waals surface area contributed by atoms with E-state index in [4.69, 9.17) is 0 Å². The first kappa shape index (κ1) is 12.3. The fourth-order valence-corrected chi connectivity index (χ4v) is 13.3. The molecule has 8 aliphatic carbocycles. The van der Waals surface area contributed by atoms with E-state index in [1.807, 2.05) is 0 Å². The van der Waals surface area contributed by atoms with Crippen molar-refractivity contribution in [2.75, 3.05) is 6.61 Å². The molecule has 0 heterocycles. The van der Waals surface area contributed by atoms with Crippen molar-refractivity contribution in [3.63, 3.8) is 0 Å². The zero-order valence-corrected chi connectivity index (χ0v) is 14.5. The van der Waals surface area contributed by atoms with Crippen LogP contribution in [0.25, 0.3) is 0 Å². The van der Waals surface area contributed by atoms with E-state index in [-0.39, 0.29) is 0 Å². The molecule has 0 bridgehead atoms. The van der Waals surface area contributed by atoms with Crippen molar-refractivity contribution in [2.24, 2.45) is 87.8 Å². The molecule has 0 aromatic rings. The molecule has 1 N–H and O–H groups in total. The van der Waals surface area contributed by atoms with Gasteiger partial charge in [-0.25, -0.2) is 0 Å². The maximum atomic E-state index is 10.6. The zero-order chi connectivity index (χ0) is 15.0. The van der Waals surface area contributed by atoms with Gasteiger partial charge in [0.05, 0.1) is 0 Å². The van der Waals surface area contributed by atoms with Crippen LogP contribution < -0.4 is 0 Å². The van der Waals surface area contributed by atoms with Gasteiger partial charge in [-0.05, 0) is 113 Å². The molecule has 0 saturated heterocycles. The summed E-state index contributed by atoms with van der Waals surface area (Å²) in [5.74, 6) is 13.7. The van der Waals surface area contributed by atoms with Crippen molar-refractivity contribution < 1.29 is 5.11 Å². The smallest absolute Gasteiger partial charge is 0.0490 e. The highest BCUT2D eigenvalue weighted by Gasteiger charge is 2.90. The van der Waals surface area contributed by atoms with Gasteiger partial charge in [0.15, 0.2) is 0 Å². The van der Waals surface area contributed by atoms with Gasteiger partial charge in [-0.3, -0.25) is 0 Å². The normalized spacial score (nSPS) is 82.8. The van der Waals surface area contributed by atoms with Crippen molar-refractivity contribution in [1.82, 2.24) is 0 Å². The summed E-state index contributed by atoms with van der Waals surface area (Å²) in [5.41, 5.74) is 1.04. The fraction of sp³-hybridized carbons (Fsp3) is 1.00. The van der Waals surface area contributed by atoms with Gasteiger partial charge >= 0.3 is 0 Å². The molecule has 8 aliphatic rings. The lowest BCUT2D eigenvalue weighted by atomic mass is 9.63. The van der Waals surface area contributed by atoms with Gasteiger partial charge in [-0.15, -0.1) is 0 Å². The molecule has 8 rings (SSSR count). The van der Waals surface area contributed by atoms with Gasteiger partial charge in [-0.2, -0.15) is 0 Å². The highest BCUT2D eigenvalue weighted by Crippen LogP contribution is 2.93. The second kappa shape index (κ2) is 3.08. The van der Waals surface area contributed by atoms with Gasteiger partial charge in [-0.1, -0.05) is 13.8 Å². The number of hydrogen-bond donors (Lipinski definition) is 1. The first-order chi connectivity index (χ1) is 11.1. The molecule has 0 aromatic heterocycles. The summed E-state index contributed by atoms with van der Waals surface area (Å²) in [5, 5.41) is 10.6. The van der Waals surface area contributed by atoms with Crippen LogP contribution in [0.1, 0.15) is 39.5 Å². The average molecular weight is 310 g/mol. The number of fused-ring (bicyclic) bond motifs is 4. The van der Waals surface area contributed by atoms with Crippen LogP contribution in [0.5, 0.6) is 0 Å². The van der Waals surface area contributed by atoms with Gasteiger partial charge in [0.25, 0.3) is 0 Å². The molecule has 0 aliphatic heterocycles. The minimum absolute atomic E-state index is 0.292. The minimum Gasteiger partial charge on any atom is -0.396 e. The summed E-state index contributed by atoms with van der Waals surface area (Å²) in [6.07, 6.45) is 6.18. The fourth-order valence-electron chi connectivity index (χ4n) is 13.3. The van der Waals surface area contributed by atoms with E-state index in [9.17, 15) is 5.11 Å². The predicted molar refractivity (Wildman–Crippen MR) is 87.1 cm³/mol. The van der Waals surface area contributed by atoms with Crippen LogP contribution in [0.3, 0.4) is 0 Å². The quantitative estimate of drug-likeness (QED) is 0.783. The highest BCUT2D eigenvalue weighted by molar-refractivity contribution is 5.36. The highest BCUT2D eigenvalue weighted by atomic mass is 16.3. The largest absolute Gasteiger partial charge is 0.396 e. The molecule has 8 fully saturated rings. The lowest BCUT2D eigenvalue weighted by molar-refractivity contribution is 0.00220. The molecule has 0 radical (unpaired) electrons. The minimum atomic E-state index is 0.292. The average Bonchev–Trinajstić information content (AvgIpc) is 3.26. The van der Waals surface area contributed by atoms with Crippen LogP contribution in [-0.2, 0) is 0 Å². The molecule has 1 nitrogen and oxygen atoms in total. The number of rotatable bonds is 1. The maximum Gasteiger partial charge on any atom is 0.0490 e. The van der Waals surface area contributed by atoms with Crippen molar-refractivity contribution in [2.45, 2.75) is 39.5 Å². The zero-order valence-electron chi connectivity index (χ0n) is 14.5. The molecule has 3 unspecified atom stereocenters. The standard InChI is InChI=1S/C22H30O/c1-21(7-23)17-10-5-3-8-12(10)19-14(17)15-18(21)11-6-4-9-13(11)20(15)22(19,2)16(8)9/h8-20,23H,3-7H2,1-2H3/t8-,9-,10-,11-,12-,13+,14-,15-,16?,17+,18-,19+,20-,21?,22?/m1/s1. The Hall–Kier alpha value is -0.0400. The van der Waals surface area contributed by atoms with E-state index < -0.39 is 0 Å². The Balaban J connectivity index is 1.50. The molecule has 0 amide bonds. The molecular formula is C22H30O. The molecular weight excluding hydrogens is 280 g/mol. The summed E-state index contributed by atoms with van der Waals surface area (Å²) in [4.78, 5) is 0. The summed E-state index contributed by atoms with van der Waals surface area (Å²) in [7, 11) is 0. The third-order valence-electron chi connectivity index (χ3n) is 12.4. The third kappa shape index (κ3) is 0.825. The van der Waals surface area contributed by atoms with E-state index in [0.717, 1.165) is 82.3 Å². The van der Waals surface area contributed by atoms with Crippen molar-refractivity contribution in [3.05, 3.63) is 0 Å². The van der Waals surface area contributed by atoms with E-state index in [2.05, 4.69) is 13.8 Å². The van der Waals surface area contributed by atoms with Crippen LogP contribution in [0, 0.1) is 87.8 Å². The summed E-state index contributed by atoms with van der Waals surface area (Å²) in [6.45, 7) is 5.85. The van der Waals surface area contributed by atoms with Crippen LogP contribution in [0.15, 0.2) is 0 Å². The van der Waals surface area contributed by atoms with Crippen LogP contribution in [-0.4, -0.2) is 11.7 Å². The van der Waals surface area contributed by atoms with Crippen LogP contribution in [0.2, 0.25) is 0 Å². The SMILES string of the molecule is CC1(CO)[C@@H]2[C@@H]3CC[C@H]4C5[C@@H]6CC[C@@H]7[C@@H]6[C@H]6[C@H]([C@H]2[C@@H]([C@H]34)C56C)[C@H]71. The van der Waals surface area contributed by atoms with E-state index >= 15 is 0 Å². The van der Waals surface area contributed by atoms with E-state index in [1.165, 1.54) is 12.8 Å². The lowest BCUT2D eigenvalue weighted by Crippen LogP contribution is -2.40. The Bertz CT molecular complexity index is 602. The van der Waals surface area contributed by atoms with Gasteiger partial charge in [0.1, 0.15) is 0 Å². The Kier molecular flexibility index (Phi) is 1.65. The topological polar surface area (TPSA) is 20.2 Å². The Labute approximate surface area is 139 Å². The Morgan fingerprint density at radius 2 is 1.09 bits per heavy atom. The molecule has 23 heavy (non-hydrogen) atoms. The lowest BCUT2D eigenvalue weighted by Gasteiger charge is -2.42. The van der Waals surface area contributed by atoms with E-state index in [0.29, 0.717) is 12.0 Å². The molecule has 15 atom stereocenters. The summed E-state index contributed by atoms with van der Waals surface area (Å²) >= 11 is 0. The molecule has 0 aromatic carbocycles. The van der Waals surface area contributed by atoms with Crippen molar-refractivity contribution >= 4 is 0 Å².